The first-order valence-corrected chi connectivity index (χ1v) is 7.17. The van der Waals surface area contributed by atoms with Gasteiger partial charge in [-0.25, -0.2) is 9.97 Å². The normalized spacial score (nSPS) is 16.4. The van der Waals surface area contributed by atoms with Crippen LogP contribution in [0.4, 0.5) is 5.82 Å². The summed E-state index contributed by atoms with van der Waals surface area (Å²) in [6.45, 7) is 5.43. The van der Waals surface area contributed by atoms with E-state index in [2.05, 4.69) is 20.2 Å². The number of morpholine rings is 1. The quantitative estimate of drug-likeness (QED) is 0.874. The molecule has 0 radical (unpaired) electrons. The van der Waals surface area contributed by atoms with Gasteiger partial charge in [-0.1, -0.05) is 12.1 Å². The lowest BCUT2D eigenvalue weighted by atomic mass is 10.2. The Labute approximate surface area is 122 Å². The number of halogens is 1. The Morgan fingerprint density at radius 2 is 2.00 bits per heavy atom. The van der Waals surface area contributed by atoms with Gasteiger partial charge in [0.2, 0.25) is 5.28 Å². The average Bonchev–Trinajstić information content (AvgIpc) is 2.48. The summed E-state index contributed by atoms with van der Waals surface area (Å²) in [4.78, 5) is 10.9. The molecule has 1 aliphatic heterocycles. The summed E-state index contributed by atoms with van der Waals surface area (Å²) in [5, 5.41) is 4.63. The van der Waals surface area contributed by atoms with Crippen LogP contribution in [0.3, 0.4) is 0 Å². The van der Waals surface area contributed by atoms with Gasteiger partial charge in [0, 0.05) is 31.6 Å². The molecule has 5 nitrogen and oxygen atoms in total. The van der Waals surface area contributed by atoms with Crippen LogP contribution in [0.5, 0.6) is 0 Å². The standard InChI is InChI=1S/C14H17ClN4O/c15-14-17-12-4-2-1-3-11(12)13(18-14)16-5-6-19-7-9-20-10-8-19/h1-4H,5-10H2,(H,16,17,18). The van der Waals surface area contributed by atoms with Crippen molar-refractivity contribution in [2.24, 2.45) is 0 Å². The molecule has 1 N–H and O–H groups in total. The monoisotopic (exact) mass is 292 g/mol. The van der Waals surface area contributed by atoms with Crippen molar-refractivity contribution in [3.05, 3.63) is 29.5 Å². The highest BCUT2D eigenvalue weighted by molar-refractivity contribution is 6.28. The van der Waals surface area contributed by atoms with Crippen LogP contribution in [-0.2, 0) is 4.74 Å². The Morgan fingerprint density at radius 1 is 1.20 bits per heavy atom. The van der Waals surface area contributed by atoms with Gasteiger partial charge in [0.25, 0.3) is 0 Å². The number of ether oxygens (including phenoxy) is 1. The van der Waals surface area contributed by atoms with Crippen LogP contribution in [-0.4, -0.2) is 54.3 Å². The fraction of sp³-hybridized carbons (Fsp3) is 0.429. The first-order valence-electron chi connectivity index (χ1n) is 6.79. The second kappa shape index (κ2) is 6.35. The van der Waals surface area contributed by atoms with E-state index in [0.29, 0.717) is 0 Å². The van der Waals surface area contributed by atoms with Gasteiger partial charge in [-0.2, -0.15) is 0 Å². The number of hydrogen-bond donors (Lipinski definition) is 1. The van der Waals surface area contributed by atoms with Crippen LogP contribution in [0.25, 0.3) is 10.9 Å². The SMILES string of the molecule is Clc1nc(NCCN2CCOCC2)c2ccccc2n1. The molecule has 0 amide bonds. The minimum absolute atomic E-state index is 0.276. The third kappa shape index (κ3) is 3.17. The van der Waals surface area contributed by atoms with Crippen LogP contribution < -0.4 is 5.32 Å². The molecule has 0 aliphatic carbocycles. The summed E-state index contributed by atoms with van der Waals surface area (Å²) in [5.74, 6) is 0.800. The molecule has 0 unspecified atom stereocenters. The van der Waals surface area contributed by atoms with Gasteiger partial charge in [0.15, 0.2) is 0 Å². The zero-order valence-electron chi connectivity index (χ0n) is 11.2. The first-order chi connectivity index (χ1) is 9.83. The van der Waals surface area contributed by atoms with Crippen molar-refractivity contribution in [1.82, 2.24) is 14.9 Å². The van der Waals surface area contributed by atoms with E-state index in [9.17, 15) is 0 Å². The number of benzene rings is 1. The molecular weight excluding hydrogens is 276 g/mol. The molecule has 106 valence electrons. The van der Waals surface area contributed by atoms with Gasteiger partial charge in [0.05, 0.1) is 18.7 Å². The second-order valence-corrected chi connectivity index (χ2v) is 5.08. The Hall–Kier alpha value is -1.43. The van der Waals surface area contributed by atoms with E-state index in [1.807, 2.05) is 24.3 Å². The summed E-state index contributed by atoms with van der Waals surface area (Å²) < 4.78 is 5.34. The van der Waals surface area contributed by atoms with Crippen LogP contribution in [0, 0.1) is 0 Å². The van der Waals surface area contributed by atoms with E-state index in [4.69, 9.17) is 16.3 Å². The fourth-order valence-electron chi connectivity index (χ4n) is 2.34. The highest BCUT2D eigenvalue weighted by Crippen LogP contribution is 2.21. The van der Waals surface area contributed by atoms with Crippen molar-refractivity contribution < 1.29 is 4.74 Å². The van der Waals surface area contributed by atoms with Crippen LogP contribution in [0.2, 0.25) is 5.28 Å². The minimum Gasteiger partial charge on any atom is -0.379 e. The zero-order valence-corrected chi connectivity index (χ0v) is 11.9. The second-order valence-electron chi connectivity index (χ2n) is 4.74. The summed E-state index contributed by atoms with van der Waals surface area (Å²) >= 11 is 5.96. The van der Waals surface area contributed by atoms with Crippen LogP contribution in [0.15, 0.2) is 24.3 Å². The topological polar surface area (TPSA) is 50.3 Å². The number of aromatic nitrogens is 2. The number of fused-ring (bicyclic) bond motifs is 1. The molecule has 1 aromatic carbocycles. The molecule has 2 aromatic rings. The Bertz CT molecular complexity index is 586. The van der Waals surface area contributed by atoms with Crippen molar-refractivity contribution >= 4 is 28.3 Å². The number of rotatable bonds is 4. The van der Waals surface area contributed by atoms with E-state index in [1.54, 1.807) is 0 Å². The van der Waals surface area contributed by atoms with Crippen molar-refractivity contribution in [3.63, 3.8) is 0 Å². The lowest BCUT2D eigenvalue weighted by Gasteiger charge is -2.26. The molecule has 3 rings (SSSR count). The highest BCUT2D eigenvalue weighted by atomic mass is 35.5. The summed E-state index contributed by atoms with van der Waals surface area (Å²) in [5.41, 5.74) is 0.862. The molecular formula is C14H17ClN4O. The van der Waals surface area contributed by atoms with Crippen LogP contribution >= 0.6 is 11.6 Å². The van der Waals surface area contributed by atoms with Crippen molar-refractivity contribution in [3.8, 4) is 0 Å². The van der Waals surface area contributed by atoms with Crippen molar-refractivity contribution in [1.29, 1.82) is 0 Å². The molecule has 1 fully saturated rings. The predicted molar refractivity (Wildman–Crippen MR) is 80.3 cm³/mol. The molecule has 20 heavy (non-hydrogen) atoms. The van der Waals surface area contributed by atoms with Gasteiger partial charge >= 0.3 is 0 Å². The van der Waals surface area contributed by atoms with E-state index < -0.39 is 0 Å². The fourth-order valence-corrected chi connectivity index (χ4v) is 2.52. The molecule has 1 saturated heterocycles. The molecule has 0 saturated carbocycles. The number of nitrogens with one attached hydrogen (secondary N) is 1. The predicted octanol–water partition coefficient (Wildman–Crippen LogP) is 2.03. The first kappa shape index (κ1) is 13.5. The molecule has 0 bridgehead atoms. The Balaban J connectivity index is 1.67. The van der Waals surface area contributed by atoms with Crippen molar-refractivity contribution in [2.75, 3.05) is 44.7 Å². The zero-order chi connectivity index (χ0) is 13.8. The molecule has 1 aromatic heterocycles. The molecule has 1 aliphatic rings. The molecule has 0 atom stereocenters. The number of nitrogens with zero attached hydrogens (tertiary/aromatic N) is 3. The number of anilines is 1. The maximum absolute atomic E-state index is 5.96. The molecule has 2 heterocycles. The van der Waals surface area contributed by atoms with Gasteiger partial charge in [-0.15, -0.1) is 0 Å². The maximum Gasteiger partial charge on any atom is 0.224 e. The third-order valence-electron chi connectivity index (χ3n) is 3.40. The minimum atomic E-state index is 0.276. The Morgan fingerprint density at radius 3 is 2.85 bits per heavy atom. The number of para-hydroxylation sites is 1. The lowest BCUT2D eigenvalue weighted by Crippen LogP contribution is -2.39. The molecule has 6 heteroatoms. The summed E-state index contributed by atoms with van der Waals surface area (Å²) in [6, 6.07) is 7.87. The van der Waals surface area contributed by atoms with E-state index >= 15 is 0 Å². The number of hydrogen-bond acceptors (Lipinski definition) is 5. The van der Waals surface area contributed by atoms with Crippen molar-refractivity contribution in [2.45, 2.75) is 0 Å². The van der Waals surface area contributed by atoms with Gasteiger partial charge in [-0.3, -0.25) is 4.90 Å². The van der Waals surface area contributed by atoms with Gasteiger partial charge in [-0.05, 0) is 23.7 Å². The van der Waals surface area contributed by atoms with E-state index in [0.717, 1.165) is 56.1 Å². The largest absolute Gasteiger partial charge is 0.379 e. The Kier molecular flexibility index (Phi) is 4.30. The van der Waals surface area contributed by atoms with Crippen LogP contribution in [0.1, 0.15) is 0 Å². The lowest BCUT2D eigenvalue weighted by molar-refractivity contribution is 0.0398. The van der Waals surface area contributed by atoms with Gasteiger partial charge < -0.3 is 10.1 Å². The smallest absolute Gasteiger partial charge is 0.224 e. The highest BCUT2D eigenvalue weighted by Gasteiger charge is 2.10. The molecule has 0 spiro atoms. The average molecular weight is 293 g/mol. The van der Waals surface area contributed by atoms with E-state index in [1.165, 1.54) is 0 Å². The van der Waals surface area contributed by atoms with Gasteiger partial charge in [0.1, 0.15) is 5.82 Å². The maximum atomic E-state index is 5.96. The third-order valence-corrected chi connectivity index (χ3v) is 3.57. The summed E-state index contributed by atoms with van der Waals surface area (Å²) in [6.07, 6.45) is 0. The van der Waals surface area contributed by atoms with E-state index in [-0.39, 0.29) is 5.28 Å². The summed E-state index contributed by atoms with van der Waals surface area (Å²) in [7, 11) is 0.